The molecule has 0 aliphatic rings. The summed E-state index contributed by atoms with van der Waals surface area (Å²) < 4.78 is 45.9. The van der Waals surface area contributed by atoms with Crippen LogP contribution in [0.4, 0.5) is 8.78 Å². The fourth-order valence-corrected chi connectivity index (χ4v) is 3.76. The maximum absolute atomic E-state index is 14.9. The van der Waals surface area contributed by atoms with Crippen LogP contribution in [0.3, 0.4) is 0 Å². The zero-order valence-electron chi connectivity index (χ0n) is 26.8. The topological polar surface area (TPSA) is 61.8 Å². The highest BCUT2D eigenvalue weighted by atomic mass is 19.2. The molecule has 3 aromatic rings. The van der Waals surface area contributed by atoms with Crippen LogP contribution < -0.4 is 4.74 Å². The lowest BCUT2D eigenvalue weighted by molar-refractivity contribution is -0.135. The number of benzene rings is 3. The zero-order valence-corrected chi connectivity index (χ0v) is 26.8. The molecule has 0 radical (unpaired) electrons. The van der Waals surface area contributed by atoms with E-state index in [2.05, 4.69) is 25.0 Å². The van der Waals surface area contributed by atoms with Gasteiger partial charge in [-0.15, -0.1) is 0 Å². The van der Waals surface area contributed by atoms with Crippen molar-refractivity contribution < 1.29 is 32.6 Å². The molecule has 0 fully saturated rings. The summed E-state index contributed by atoms with van der Waals surface area (Å²) >= 11 is 0. The van der Waals surface area contributed by atoms with Gasteiger partial charge in [-0.25, -0.2) is 18.4 Å². The van der Waals surface area contributed by atoms with Gasteiger partial charge in [0.25, 0.3) is 0 Å². The Morgan fingerprint density at radius 1 is 0.696 bits per heavy atom. The van der Waals surface area contributed by atoms with E-state index in [0.717, 1.165) is 16.7 Å². The summed E-state index contributed by atoms with van der Waals surface area (Å²) in [7, 11) is 0. The van der Waals surface area contributed by atoms with Crippen LogP contribution in [-0.4, -0.2) is 11.9 Å². The summed E-state index contributed by atoms with van der Waals surface area (Å²) in [6.07, 6.45) is 3.79. The summed E-state index contributed by atoms with van der Waals surface area (Å²) in [5, 5.41) is 0. The summed E-state index contributed by atoms with van der Waals surface area (Å²) in [5.74, 6) is 4.22. The number of allylic oxidation sites excluding steroid dienone is 4. The first-order valence-corrected chi connectivity index (χ1v) is 14.4. The second-order valence-corrected chi connectivity index (χ2v) is 10.7. The van der Waals surface area contributed by atoms with Crippen molar-refractivity contribution in [1.82, 2.24) is 0 Å². The lowest BCUT2D eigenvalue weighted by Crippen LogP contribution is -2.06. The Kier molecular flexibility index (Phi) is 12.2. The van der Waals surface area contributed by atoms with E-state index in [1.807, 2.05) is 31.2 Å². The van der Waals surface area contributed by atoms with Crippen molar-refractivity contribution in [2.24, 2.45) is 0 Å². The molecule has 3 rings (SSSR count). The first kappa shape index (κ1) is 35.0. The van der Waals surface area contributed by atoms with E-state index in [0.29, 0.717) is 40.6 Å². The van der Waals surface area contributed by atoms with Gasteiger partial charge in [-0.2, -0.15) is 0 Å². The van der Waals surface area contributed by atoms with E-state index < -0.39 is 23.6 Å². The van der Waals surface area contributed by atoms with Crippen molar-refractivity contribution in [1.29, 1.82) is 0 Å². The summed E-state index contributed by atoms with van der Waals surface area (Å²) in [6, 6.07) is 17.2. The molecule has 236 valence electrons. The zero-order chi connectivity index (χ0) is 34.0. The highest BCUT2D eigenvalue weighted by Gasteiger charge is 2.12. The van der Waals surface area contributed by atoms with Crippen LogP contribution in [-0.2, 0) is 25.5 Å². The summed E-state index contributed by atoms with van der Waals surface area (Å²) in [4.78, 5) is 23.4. The number of carbonyl (C=O) groups is 2. The SMILES string of the molecule is C=C(C)C(=O)O/C(C)=C(\C)Cc1ccc(/C=C/c2ccc(C#Cc3ccc(O/C(C)=C(\C)OC(=O)C(=C)C)cc3)c(F)c2F)cc1. The molecule has 0 spiro atoms. The third-order valence-electron chi connectivity index (χ3n) is 6.77. The minimum absolute atomic E-state index is 0.0688. The predicted molar refractivity (Wildman–Crippen MR) is 177 cm³/mol. The van der Waals surface area contributed by atoms with Crippen LogP contribution in [0.15, 0.2) is 108 Å². The van der Waals surface area contributed by atoms with Crippen LogP contribution >= 0.6 is 0 Å². The van der Waals surface area contributed by atoms with Gasteiger partial charge in [0, 0.05) is 22.3 Å². The fourth-order valence-electron chi connectivity index (χ4n) is 3.76. The Bertz CT molecular complexity index is 1810. The van der Waals surface area contributed by atoms with Crippen LogP contribution in [0.5, 0.6) is 5.75 Å². The molecule has 0 aromatic heterocycles. The predicted octanol–water partition coefficient (Wildman–Crippen LogP) is 9.24. The molecular weight excluding hydrogens is 586 g/mol. The Labute approximate surface area is 269 Å². The number of rotatable bonds is 10. The van der Waals surface area contributed by atoms with E-state index in [-0.39, 0.29) is 16.7 Å². The maximum atomic E-state index is 14.9. The highest BCUT2D eigenvalue weighted by Crippen LogP contribution is 2.21. The number of halogens is 2. The molecule has 0 bridgehead atoms. The van der Waals surface area contributed by atoms with Crippen molar-refractivity contribution in [3.8, 4) is 17.6 Å². The molecule has 3 aromatic carbocycles. The van der Waals surface area contributed by atoms with Crippen molar-refractivity contribution in [2.75, 3.05) is 0 Å². The first-order valence-electron chi connectivity index (χ1n) is 14.4. The summed E-state index contributed by atoms with van der Waals surface area (Å²) in [5.41, 5.74) is 3.92. The second kappa shape index (κ2) is 16.0. The molecule has 0 saturated heterocycles. The second-order valence-electron chi connectivity index (χ2n) is 10.7. The van der Waals surface area contributed by atoms with Gasteiger partial charge in [0.05, 0.1) is 5.56 Å². The third kappa shape index (κ3) is 10.0. The van der Waals surface area contributed by atoms with Crippen molar-refractivity contribution in [3.63, 3.8) is 0 Å². The molecule has 5 nitrogen and oxygen atoms in total. The molecule has 0 amide bonds. The van der Waals surface area contributed by atoms with Gasteiger partial charge in [0.1, 0.15) is 23.0 Å². The van der Waals surface area contributed by atoms with Gasteiger partial charge in [-0.3, -0.25) is 0 Å². The Morgan fingerprint density at radius 2 is 1.28 bits per heavy atom. The minimum Gasteiger partial charge on any atom is -0.459 e. The molecule has 0 atom stereocenters. The lowest BCUT2D eigenvalue weighted by Gasteiger charge is -2.10. The smallest absolute Gasteiger partial charge is 0.338 e. The average molecular weight is 623 g/mol. The molecule has 0 heterocycles. The number of hydrogen-bond donors (Lipinski definition) is 0. The van der Waals surface area contributed by atoms with Gasteiger partial charge in [0.15, 0.2) is 11.6 Å². The van der Waals surface area contributed by atoms with Crippen LogP contribution in [0, 0.1) is 23.5 Å². The van der Waals surface area contributed by atoms with Crippen LogP contribution in [0.1, 0.15) is 69.4 Å². The lowest BCUT2D eigenvalue weighted by atomic mass is 10.0. The largest absolute Gasteiger partial charge is 0.459 e. The maximum Gasteiger partial charge on any atom is 0.338 e. The van der Waals surface area contributed by atoms with E-state index in [1.165, 1.54) is 18.2 Å². The van der Waals surface area contributed by atoms with E-state index in [9.17, 15) is 18.4 Å². The van der Waals surface area contributed by atoms with Crippen LogP contribution in [0.2, 0.25) is 0 Å². The molecule has 46 heavy (non-hydrogen) atoms. The molecule has 0 N–H and O–H groups in total. The van der Waals surface area contributed by atoms with E-state index >= 15 is 0 Å². The quantitative estimate of drug-likeness (QED) is 0.0742. The van der Waals surface area contributed by atoms with Gasteiger partial charge in [-0.05, 0) is 95.0 Å². The van der Waals surface area contributed by atoms with E-state index in [4.69, 9.17) is 14.2 Å². The molecular formula is C39H36F2O5. The van der Waals surface area contributed by atoms with Gasteiger partial charge >= 0.3 is 11.9 Å². The van der Waals surface area contributed by atoms with Gasteiger partial charge < -0.3 is 14.2 Å². The minimum atomic E-state index is -1.03. The molecule has 7 heteroatoms. The summed E-state index contributed by atoms with van der Waals surface area (Å²) in [6.45, 7) is 17.2. The van der Waals surface area contributed by atoms with Gasteiger partial charge in [0.2, 0.25) is 0 Å². The molecule has 0 saturated carbocycles. The van der Waals surface area contributed by atoms with Gasteiger partial charge in [-0.1, -0.05) is 67.5 Å². The van der Waals surface area contributed by atoms with Crippen molar-refractivity contribution in [2.45, 2.75) is 48.0 Å². The third-order valence-corrected chi connectivity index (χ3v) is 6.77. The number of ether oxygens (including phenoxy) is 3. The fraction of sp³-hybridized carbons (Fsp3) is 0.179. The van der Waals surface area contributed by atoms with Crippen molar-refractivity contribution >= 4 is 24.1 Å². The number of carbonyl (C=O) groups excluding carboxylic acids is 2. The Morgan fingerprint density at radius 3 is 1.87 bits per heavy atom. The number of esters is 2. The Balaban J connectivity index is 1.65. The van der Waals surface area contributed by atoms with Crippen molar-refractivity contribution in [3.05, 3.63) is 147 Å². The molecule has 0 aliphatic carbocycles. The molecule has 0 aliphatic heterocycles. The average Bonchev–Trinajstić information content (AvgIpc) is 3.02. The normalized spacial score (nSPS) is 11.9. The Hall–Kier alpha value is -5.48. The molecule has 0 unspecified atom stereocenters. The number of hydrogen-bond acceptors (Lipinski definition) is 5. The van der Waals surface area contributed by atoms with E-state index in [1.54, 1.807) is 65.0 Å². The monoisotopic (exact) mass is 622 g/mol. The highest BCUT2D eigenvalue weighted by molar-refractivity contribution is 5.88. The standard InChI is InChI=1S/C39H36F2O5/c1-24(2)38(42)45-27(6)26(5)23-32-11-9-30(10-12-32)13-17-33-19-20-34(37(41)36(33)40)18-14-31-15-21-35(22-16-31)44-28(7)29(8)46-39(43)25(3)4/h9-13,15-17,19-22H,1,3,23H2,2,4-8H3/b17-13+,27-26+,29-28+. The first-order chi connectivity index (χ1) is 21.7. The van der Waals surface area contributed by atoms with Crippen LogP contribution in [0.25, 0.3) is 12.2 Å².